The summed E-state index contributed by atoms with van der Waals surface area (Å²) < 4.78 is 4.99. The molecule has 2 rings (SSSR count). The summed E-state index contributed by atoms with van der Waals surface area (Å²) in [5, 5.41) is 22.9. The van der Waals surface area contributed by atoms with E-state index in [4.69, 9.17) is 4.74 Å². The Hall–Kier alpha value is -2.81. The average Bonchev–Trinajstić information content (AvgIpc) is 2.59. The fourth-order valence-corrected chi connectivity index (χ4v) is 2.68. The molecule has 140 valence electrons. The highest BCUT2D eigenvalue weighted by Gasteiger charge is 2.54. The van der Waals surface area contributed by atoms with Crippen LogP contribution in [-0.2, 0) is 25.7 Å². The van der Waals surface area contributed by atoms with E-state index in [0.717, 1.165) is 0 Å². The first-order valence-corrected chi connectivity index (χ1v) is 8.04. The van der Waals surface area contributed by atoms with Gasteiger partial charge in [-0.2, -0.15) is 0 Å². The zero-order chi connectivity index (χ0) is 19.5. The summed E-state index contributed by atoms with van der Waals surface area (Å²) in [6.45, 7) is 2.95. The van der Waals surface area contributed by atoms with Crippen LogP contribution in [0.5, 0.6) is 0 Å². The van der Waals surface area contributed by atoms with Crippen molar-refractivity contribution in [3.8, 4) is 0 Å². The third-order valence-corrected chi connectivity index (χ3v) is 4.71. The topological polar surface area (TPSA) is 136 Å². The van der Waals surface area contributed by atoms with E-state index in [1.54, 1.807) is 6.92 Å². The van der Waals surface area contributed by atoms with E-state index < -0.39 is 40.7 Å². The predicted octanol–water partition coefficient (Wildman–Crippen LogP) is 0.873. The number of benzene rings is 1. The monoisotopic (exact) mass is 364 g/mol. The number of hydrogen-bond donors (Lipinski definition) is 2. The molecule has 1 aliphatic heterocycles. The SMILES string of the molecule is CC(O)C1(C)C(=O)NC1CC(=O)CC(=O)OCc1ccc([N+](=O)[O-])cc1. The average molecular weight is 364 g/mol. The van der Waals surface area contributed by atoms with Crippen LogP contribution >= 0.6 is 0 Å². The number of non-ortho nitro benzene ring substituents is 1. The Labute approximate surface area is 149 Å². The molecule has 2 N–H and O–H groups in total. The third kappa shape index (κ3) is 4.05. The minimum Gasteiger partial charge on any atom is -0.460 e. The van der Waals surface area contributed by atoms with Gasteiger partial charge in [-0.15, -0.1) is 0 Å². The smallest absolute Gasteiger partial charge is 0.313 e. The fourth-order valence-electron chi connectivity index (χ4n) is 2.68. The number of aliphatic hydroxyl groups excluding tert-OH is 1. The highest BCUT2D eigenvalue weighted by molar-refractivity contribution is 5.98. The van der Waals surface area contributed by atoms with E-state index >= 15 is 0 Å². The van der Waals surface area contributed by atoms with Crippen molar-refractivity contribution in [2.24, 2.45) is 5.41 Å². The molecular formula is C17H20N2O7. The lowest BCUT2D eigenvalue weighted by molar-refractivity contribution is -0.384. The number of ether oxygens (including phenoxy) is 1. The van der Waals surface area contributed by atoms with E-state index in [9.17, 15) is 29.6 Å². The van der Waals surface area contributed by atoms with Crippen molar-refractivity contribution >= 4 is 23.3 Å². The van der Waals surface area contributed by atoms with Crippen molar-refractivity contribution in [3.63, 3.8) is 0 Å². The van der Waals surface area contributed by atoms with Gasteiger partial charge in [0.05, 0.1) is 22.5 Å². The number of β-lactam (4-membered cyclic amide) rings is 1. The van der Waals surface area contributed by atoms with Crippen molar-refractivity contribution < 1.29 is 29.2 Å². The van der Waals surface area contributed by atoms with Crippen LogP contribution in [0.3, 0.4) is 0 Å². The number of nitrogens with zero attached hydrogens (tertiary/aromatic N) is 1. The van der Waals surface area contributed by atoms with Crippen LogP contribution in [0.25, 0.3) is 0 Å². The Kier molecular flexibility index (Phi) is 5.71. The fraction of sp³-hybridized carbons (Fsp3) is 0.471. The molecule has 0 aromatic heterocycles. The molecule has 1 heterocycles. The molecule has 0 radical (unpaired) electrons. The van der Waals surface area contributed by atoms with Gasteiger partial charge in [0.25, 0.3) is 5.69 Å². The maximum absolute atomic E-state index is 12.0. The number of nitrogens with one attached hydrogen (secondary N) is 1. The molecule has 0 aliphatic carbocycles. The van der Waals surface area contributed by atoms with Crippen LogP contribution < -0.4 is 5.32 Å². The number of hydrogen-bond acceptors (Lipinski definition) is 7. The quantitative estimate of drug-likeness (QED) is 0.230. The second kappa shape index (κ2) is 7.61. The molecule has 1 saturated heterocycles. The molecule has 0 saturated carbocycles. The number of ketones is 1. The predicted molar refractivity (Wildman–Crippen MR) is 88.9 cm³/mol. The number of rotatable bonds is 8. The number of aliphatic hydroxyl groups is 1. The Morgan fingerprint density at radius 3 is 2.50 bits per heavy atom. The minimum atomic E-state index is -1.04. The van der Waals surface area contributed by atoms with Crippen molar-refractivity contribution in [2.75, 3.05) is 0 Å². The van der Waals surface area contributed by atoms with Gasteiger partial charge in [-0.25, -0.2) is 0 Å². The summed E-state index contributed by atoms with van der Waals surface area (Å²) in [4.78, 5) is 45.4. The zero-order valence-corrected chi connectivity index (χ0v) is 14.4. The molecule has 1 amide bonds. The van der Waals surface area contributed by atoms with Crippen molar-refractivity contribution in [1.82, 2.24) is 5.32 Å². The first-order chi connectivity index (χ1) is 12.1. The van der Waals surface area contributed by atoms with Gasteiger partial charge >= 0.3 is 5.97 Å². The van der Waals surface area contributed by atoms with Crippen LogP contribution in [0.15, 0.2) is 24.3 Å². The van der Waals surface area contributed by atoms with E-state index in [1.165, 1.54) is 31.2 Å². The molecule has 9 nitrogen and oxygen atoms in total. The number of Topliss-reactive ketones (excluding diaryl/α,β-unsaturated/α-hetero) is 1. The first-order valence-electron chi connectivity index (χ1n) is 8.04. The summed E-state index contributed by atoms with van der Waals surface area (Å²) in [6, 6.07) is 5.00. The molecule has 9 heteroatoms. The Morgan fingerprint density at radius 1 is 1.38 bits per heavy atom. The van der Waals surface area contributed by atoms with Gasteiger partial charge in [0, 0.05) is 18.6 Å². The second-order valence-electron chi connectivity index (χ2n) is 6.49. The highest BCUT2D eigenvalue weighted by Crippen LogP contribution is 2.36. The van der Waals surface area contributed by atoms with Crippen LogP contribution in [0.1, 0.15) is 32.3 Å². The lowest BCUT2D eigenvalue weighted by Crippen LogP contribution is -2.70. The standard InChI is InChI=1S/C17H20N2O7/c1-10(20)17(2)14(18-16(17)23)7-13(21)8-15(22)26-9-11-3-5-12(6-4-11)19(24)25/h3-6,10,14,20H,7-9H2,1-2H3,(H,18,23). The number of carbonyl (C=O) groups excluding carboxylic acids is 3. The van der Waals surface area contributed by atoms with Crippen LogP contribution in [0, 0.1) is 15.5 Å². The van der Waals surface area contributed by atoms with Gasteiger partial charge in [-0.1, -0.05) is 0 Å². The largest absolute Gasteiger partial charge is 0.460 e. The normalized spacial score (nSPS) is 22.7. The second-order valence-corrected chi connectivity index (χ2v) is 6.49. The first kappa shape index (κ1) is 19.5. The van der Waals surface area contributed by atoms with Gasteiger partial charge < -0.3 is 15.2 Å². The van der Waals surface area contributed by atoms with Crippen LogP contribution in [0.2, 0.25) is 0 Å². The lowest BCUT2D eigenvalue weighted by Gasteiger charge is -2.48. The Morgan fingerprint density at radius 2 is 2.00 bits per heavy atom. The van der Waals surface area contributed by atoms with Gasteiger partial charge in [0.1, 0.15) is 18.8 Å². The number of amides is 1. The van der Waals surface area contributed by atoms with Crippen molar-refractivity contribution in [3.05, 3.63) is 39.9 Å². The molecule has 0 spiro atoms. The summed E-state index contributed by atoms with van der Waals surface area (Å²) in [5.74, 6) is -1.46. The number of carbonyl (C=O) groups is 3. The van der Waals surface area contributed by atoms with E-state index in [2.05, 4.69) is 5.32 Å². The minimum absolute atomic E-state index is 0.0697. The number of esters is 1. The molecular weight excluding hydrogens is 344 g/mol. The molecule has 3 unspecified atom stereocenters. The molecule has 1 aliphatic rings. The van der Waals surface area contributed by atoms with Gasteiger partial charge in [-0.3, -0.25) is 24.5 Å². The maximum atomic E-state index is 12.0. The molecule has 26 heavy (non-hydrogen) atoms. The van der Waals surface area contributed by atoms with Gasteiger partial charge in [0.2, 0.25) is 5.91 Å². The van der Waals surface area contributed by atoms with E-state index in [-0.39, 0.29) is 24.6 Å². The Balaban J connectivity index is 1.80. The molecule has 3 atom stereocenters. The summed E-state index contributed by atoms with van der Waals surface area (Å²) in [5.41, 5.74) is -0.554. The Bertz CT molecular complexity index is 729. The highest BCUT2D eigenvalue weighted by atomic mass is 16.6. The third-order valence-electron chi connectivity index (χ3n) is 4.71. The van der Waals surface area contributed by atoms with Crippen LogP contribution in [0.4, 0.5) is 5.69 Å². The summed E-state index contributed by atoms with van der Waals surface area (Å²) >= 11 is 0. The number of nitro benzene ring substituents is 1. The summed E-state index contributed by atoms with van der Waals surface area (Å²) in [6.07, 6.45) is -1.43. The van der Waals surface area contributed by atoms with Gasteiger partial charge in [-0.05, 0) is 31.5 Å². The lowest BCUT2D eigenvalue weighted by atomic mass is 9.68. The molecule has 1 aromatic rings. The van der Waals surface area contributed by atoms with Crippen LogP contribution in [-0.4, -0.2) is 39.8 Å². The van der Waals surface area contributed by atoms with Crippen molar-refractivity contribution in [2.45, 2.75) is 45.4 Å². The van der Waals surface area contributed by atoms with E-state index in [0.29, 0.717) is 5.56 Å². The zero-order valence-electron chi connectivity index (χ0n) is 14.4. The van der Waals surface area contributed by atoms with E-state index in [1.807, 2.05) is 0 Å². The van der Waals surface area contributed by atoms with Crippen molar-refractivity contribution in [1.29, 1.82) is 0 Å². The summed E-state index contributed by atoms with van der Waals surface area (Å²) in [7, 11) is 0. The molecule has 1 aromatic carbocycles. The molecule has 1 fully saturated rings. The number of nitro groups is 1. The maximum Gasteiger partial charge on any atom is 0.313 e. The molecule has 0 bridgehead atoms. The van der Waals surface area contributed by atoms with Gasteiger partial charge in [0.15, 0.2) is 0 Å².